The van der Waals surface area contributed by atoms with Crippen LogP contribution in [-0.2, 0) is 11.4 Å². The first-order valence-electron chi connectivity index (χ1n) is 13.7. The number of Topliss-reactive ketones (excluding diaryl/α,β-unsaturated/α-hetero) is 1. The predicted octanol–water partition coefficient (Wildman–Crippen LogP) is 8.35. The van der Waals surface area contributed by atoms with Crippen molar-refractivity contribution in [1.29, 1.82) is 0 Å². The van der Waals surface area contributed by atoms with Crippen molar-refractivity contribution in [2.24, 2.45) is 5.10 Å². The minimum Gasteiger partial charge on any atom is -0.488 e. The molecule has 41 heavy (non-hydrogen) atoms. The number of hydrazone groups is 1. The normalized spacial score (nSPS) is 14.7. The summed E-state index contributed by atoms with van der Waals surface area (Å²) in [5.41, 5.74) is 4.37. The van der Waals surface area contributed by atoms with E-state index >= 15 is 0 Å². The molecule has 4 aromatic carbocycles. The maximum atomic E-state index is 13.1. The lowest BCUT2D eigenvalue weighted by molar-refractivity contribution is -0.111. The van der Waals surface area contributed by atoms with Crippen LogP contribution < -0.4 is 19.5 Å². The first-order chi connectivity index (χ1) is 19.9. The van der Waals surface area contributed by atoms with Crippen LogP contribution in [0.1, 0.15) is 38.1 Å². The second-order valence-electron chi connectivity index (χ2n) is 9.62. The lowest BCUT2D eigenvalue weighted by Crippen LogP contribution is -2.38. The van der Waals surface area contributed by atoms with Crippen molar-refractivity contribution in [3.05, 3.63) is 118 Å². The molecule has 0 saturated heterocycles. The highest BCUT2D eigenvalue weighted by Crippen LogP contribution is 2.42. The average molecular weight is 588 g/mol. The lowest BCUT2D eigenvalue weighted by Gasteiger charge is -2.33. The minimum atomic E-state index is -0.492. The molecule has 0 saturated carbocycles. The molecule has 0 aliphatic carbocycles. The van der Waals surface area contributed by atoms with Gasteiger partial charge in [-0.2, -0.15) is 0 Å². The van der Waals surface area contributed by atoms with Gasteiger partial charge in [-0.1, -0.05) is 65.7 Å². The van der Waals surface area contributed by atoms with Gasteiger partial charge in [0.2, 0.25) is 0 Å². The molecule has 0 N–H and O–H groups in total. The molecule has 0 bridgehead atoms. The Labute approximate surface area is 251 Å². The first kappa shape index (κ1) is 28.5. The number of amidine groups is 1. The number of hydrogen-bond donors (Lipinski definition) is 0. The van der Waals surface area contributed by atoms with Crippen LogP contribution in [0.4, 0.5) is 17.1 Å². The number of hydrogen-bond acceptors (Lipinski definition) is 6. The Kier molecular flexibility index (Phi) is 8.81. The SMILES string of the molecule is CCN(CC)c1ccc(N2C(C(C)=O)=NN(c3ccccc3)[C@@H]2c2ccccc2OCc2c(Cl)cccc2Cl)cc1. The Balaban J connectivity index is 1.60. The molecular weight excluding hydrogens is 555 g/mol. The molecule has 210 valence electrons. The third-order valence-electron chi connectivity index (χ3n) is 7.13. The van der Waals surface area contributed by atoms with Gasteiger partial charge in [-0.25, -0.2) is 5.01 Å². The summed E-state index contributed by atoms with van der Waals surface area (Å²) < 4.78 is 6.38. The number of rotatable bonds is 10. The molecule has 0 spiro atoms. The van der Waals surface area contributed by atoms with E-state index in [-0.39, 0.29) is 12.4 Å². The molecule has 0 fully saturated rings. The standard InChI is InChI=1S/C33H32Cl2N4O2/c1-4-37(5-2)24-18-20-25(21-19-24)38-32(23(3)40)36-39(26-12-7-6-8-13-26)33(38)27-14-9-10-17-31(27)41-22-28-29(34)15-11-16-30(28)35/h6-21,33H,4-5,22H2,1-3H3/t33-/m1/s1. The molecule has 5 rings (SSSR count). The summed E-state index contributed by atoms with van der Waals surface area (Å²) in [6, 6.07) is 31.3. The smallest absolute Gasteiger partial charge is 0.198 e. The van der Waals surface area contributed by atoms with E-state index in [0.29, 0.717) is 27.2 Å². The van der Waals surface area contributed by atoms with Gasteiger partial charge in [0.25, 0.3) is 0 Å². The number of carbonyl (C=O) groups is 1. The number of para-hydroxylation sites is 2. The summed E-state index contributed by atoms with van der Waals surface area (Å²) in [4.78, 5) is 17.3. The molecule has 0 amide bonds. The van der Waals surface area contributed by atoms with Crippen molar-refractivity contribution in [3.8, 4) is 5.75 Å². The van der Waals surface area contributed by atoms with Crippen molar-refractivity contribution in [3.63, 3.8) is 0 Å². The Morgan fingerprint density at radius 3 is 2.10 bits per heavy atom. The van der Waals surface area contributed by atoms with Gasteiger partial charge in [0, 0.05) is 52.6 Å². The number of anilines is 3. The largest absolute Gasteiger partial charge is 0.488 e. The van der Waals surface area contributed by atoms with E-state index < -0.39 is 6.17 Å². The Morgan fingerprint density at radius 2 is 1.46 bits per heavy atom. The van der Waals surface area contributed by atoms with E-state index in [0.717, 1.165) is 35.7 Å². The molecule has 1 heterocycles. The van der Waals surface area contributed by atoms with Gasteiger partial charge in [-0.3, -0.25) is 9.69 Å². The zero-order valence-electron chi connectivity index (χ0n) is 23.3. The van der Waals surface area contributed by atoms with Crippen LogP contribution in [0, 0.1) is 0 Å². The Hall–Kier alpha value is -4.00. The molecule has 0 unspecified atom stereocenters. The van der Waals surface area contributed by atoms with Gasteiger partial charge in [0.05, 0.1) is 5.69 Å². The van der Waals surface area contributed by atoms with Crippen molar-refractivity contribution in [2.75, 3.05) is 27.9 Å². The summed E-state index contributed by atoms with van der Waals surface area (Å²) in [7, 11) is 0. The zero-order valence-corrected chi connectivity index (χ0v) is 24.8. The third-order valence-corrected chi connectivity index (χ3v) is 7.84. The van der Waals surface area contributed by atoms with Crippen molar-refractivity contribution < 1.29 is 9.53 Å². The van der Waals surface area contributed by atoms with E-state index in [4.69, 9.17) is 33.0 Å². The fraction of sp³-hybridized carbons (Fsp3) is 0.212. The van der Waals surface area contributed by atoms with Gasteiger partial charge < -0.3 is 9.64 Å². The maximum absolute atomic E-state index is 13.1. The summed E-state index contributed by atoms with van der Waals surface area (Å²) in [6.45, 7) is 7.82. The number of carbonyl (C=O) groups excluding carboxylic acids is 1. The molecule has 1 aliphatic rings. The number of ether oxygens (including phenoxy) is 1. The molecule has 4 aromatic rings. The van der Waals surface area contributed by atoms with Crippen molar-refractivity contribution in [2.45, 2.75) is 33.5 Å². The monoisotopic (exact) mass is 586 g/mol. The maximum Gasteiger partial charge on any atom is 0.198 e. The van der Waals surface area contributed by atoms with Crippen LogP contribution in [-0.4, -0.2) is 24.7 Å². The summed E-state index contributed by atoms with van der Waals surface area (Å²) in [6.07, 6.45) is -0.492. The van der Waals surface area contributed by atoms with Gasteiger partial charge >= 0.3 is 0 Å². The van der Waals surface area contributed by atoms with E-state index in [2.05, 4.69) is 30.9 Å². The highest BCUT2D eigenvalue weighted by molar-refractivity contribution is 6.44. The van der Waals surface area contributed by atoms with Crippen LogP contribution >= 0.6 is 23.2 Å². The van der Waals surface area contributed by atoms with E-state index in [1.165, 1.54) is 0 Å². The second-order valence-corrected chi connectivity index (χ2v) is 10.4. The van der Waals surface area contributed by atoms with E-state index in [1.54, 1.807) is 19.1 Å². The highest BCUT2D eigenvalue weighted by atomic mass is 35.5. The molecule has 1 atom stereocenters. The van der Waals surface area contributed by atoms with Crippen LogP contribution in [0.5, 0.6) is 5.75 Å². The first-order valence-corrected chi connectivity index (χ1v) is 14.4. The quantitative estimate of drug-likeness (QED) is 0.187. The van der Waals surface area contributed by atoms with Crippen LogP contribution in [0.15, 0.2) is 102 Å². The van der Waals surface area contributed by atoms with Crippen molar-refractivity contribution in [1.82, 2.24) is 0 Å². The minimum absolute atomic E-state index is 0.137. The average Bonchev–Trinajstić information content (AvgIpc) is 3.39. The number of nitrogens with zero attached hydrogens (tertiary/aromatic N) is 4. The number of benzene rings is 4. The number of ketones is 1. The summed E-state index contributed by atoms with van der Waals surface area (Å²) in [5, 5.41) is 7.83. The van der Waals surface area contributed by atoms with Gasteiger partial charge in [-0.05, 0) is 68.4 Å². The third kappa shape index (κ3) is 5.90. The fourth-order valence-electron chi connectivity index (χ4n) is 5.04. The van der Waals surface area contributed by atoms with Gasteiger partial charge in [-0.15, -0.1) is 5.10 Å². The second kappa shape index (κ2) is 12.7. The highest BCUT2D eigenvalue weighted by Gasteiger charge is 2.40. The Bertz CT molecular complexity index is 1520. The molecule has 1 aliphatic heterocycles. The predicted molar refractivity (Wildman–Crippen MR) is 169 cm³/mol. The molecule has 0 radical (unpaired) electrons. The van der Waals surface area contributed by atoms with Crippen LogP contribution in [0.3, 0.4) is 0 Å². The fourth-order valence-corrected chi connectivity index (χ4v) is 5.55. The van der Waals surface area contributed by atoms with Crippen molar-refractivity contribution >= 4 is 51.9 Å². The Morgan fingerprint density at radius 1 is 0.829 bits per heavy atom. The van der Waals surface area contributed by atoms with E-state index in [1.807, 2.05) is 82.7 Å². The van der Waals surface area contributed by atoms with Gasteiger partial charge in [0.15, 0.2) is 17.8 Å². The topological polar surface area (TPSA) is 48.4 Å². The van der Waals surface area contributed by atoms with E-state index in [9.17, 15) is 4.79 Å². The molecule has 0 aromatic heterocycles. The van der Waals surface area contributed by atoms with Gasteiger partial charge in [0.1, 0.15) is 12.4 Å². The lowest BCUT2D eigenvalue weighted by atomic mass is 10.1. The summed E-state index contributed by atoms with van der Waals surface area (Å²) in [5.74, 6) is 0.847. The summed E-state index contributed by atoms with van der Waals surface area (Å²) >= 11 is 12.9. The zero-order chi connectivity index (χ0) is 28.9. The van der Waals surface area contributed by atoms with Crippen LogP contribution in [0.2, 0.25) is 10.0 Å². The van der Waals surface area contributed by atoms with Crippen LogP contribution in [0.25, 0.3) is 0 Å². The molecule has 6 nitrogen and oxygen atoms in total. The number of halogens is 2. The molecule has 8 heteroatoms. The molecular formula is C33H32Cl2N4O2.